The first-order valence-corrected chi connectivity index (χ1v) is 28.8. The second-order valence-corrected chi connectivity index (χ2v) is 20.1. The van der Waals surface area contributed by atoms with Gasteiger partial charge >= 0.3 is 5.97 Å². The molecule has 0 saturated heterocycles. The van der Waals surface area contributed by atoms with Crippen molar-refractivity contribution in [1.82, 2.24) is 5.32 Å². The topological polar surface area (TPSA) is 95.9 Å². The number of ether oxygens (including phenoxy) is 1. The minimum atomic E-state index is -0.780. The lowest BCUT2D eigenvalue weighted by atomic mass is 10.0. The maximum atomic E-state index is 13.3. The van der Waals surface area contributed by atoms with Crippen LogP contribution >= 0.6 is 0 Å². The van der Waals surface area contributed by atoms with Crippen LogP contribution in [0.1, 0.15) is 329 Å². The summed E-state index contributed by atoms with van der Waals surface area (Å²) in [6, 6.07) is -0.693. The van der Waals surface area contributed by atoms with Crippen LogP contribution in [-0.4, -0.2) is 46.9 Å². The van der Waals surface area contributed by atoms with Gasteiger partial charge in [0.05, 0.1) is 25.2 Å². The summed E-state index contributed by atoms with van der Waals surface area (Å²) < 4.78 is 5.96. The van der Waals surface area contributed by atoms with Crippen LogP contribution in [0, 0.1) is 0 Å². The molecule has 6 nitrogen and oxygen atoms in total. The Morgan fingerprint density at radius 1 is 0.397 bits per heavy atom. The minimum Gasteiger partial charge on any atom is -0.462 e. The molecule has 0 bridgehead atoms. The second kappa shape index (κ2) is 51.8. The van der Waals surface area contributed by atoms with Gasteiger partial charge in [-0.2, -0.15) is 0 Å². The van der Waals surface area contributed by atoms with Crippen molar-refractivity contribution in [1.29, 1.82) is 0 Å². The van der Waals surface area contributed by atoms with Crippen molar-refractivity contribution < 1.29 is 24.5 Å². The van der Waals surface area contributed by atoms with Gasteiger partial charge in [0, 0.05) is 6.42 Å². The fraction of sp³-hybridized carbons (Fsp3) is 0.965. The van der Waals surface area contributed by atoms with Crippen LogP contribution < -0.4 is 5.32 Å². The van der Waals surface area contributed by atoms with Gasteiger partial charge in [-0.25, -0.2) is 0 Å². The van der Waals surface area contributed by atoms with Crippen LogP contribution in [0.2, 0.25) is 0 Å². The summed E-state index contributed by atoms with van der Waals surface area (Å²) in [6.45, 7) is 6.53. The Morgan fingerprint density at radius 2 is 0.667 bits per heavy atom. The minimum absolute atomic E-state index is 0.0884. The number of unbranched alkanes of at least 4 members (excludes halogenated alkanes) is 41. The molecule has 63 heavy (non-hydrogen) atoms. The Labute approximate surface area is 394 Å². The lowest BCUT2D eigenvalue weighted by molar-refractivity contribution is -0.151. The third kappa shape index (κ3) is 47.2. The predicted molar refractivity (Wildman–Crippen MR) is 274 cm³/mol. The SMILES string of the molecule is CCCCCCCCCCCCCCCCCCCC(O)C(CO)NC(=O)CC(CCCCCCCCCCCCCCCC)OC(=O)CCCCCCCCCCCCCCC. The highest BCUT2D eigenvalue weighted by Crippen LogP contribution is 2.19. The van der Waals surface area contributed by atoms with Gasteiger partial charge in [0.1, 0.15) is 6.10 Å². The van der Waals surface area contributed by atoms with Crippen molar-refractivity contribution in [3.8, 4) is 0 Å². The molecule has 1 amide bonds. The lowest BCUT2D eigenvalue weighted by Gasteiger charge is -2.24. The molecule has 0 aromatic rings. The van der Waals surface area contributed by atoms with E-state index in [1.807, 2.05) is 0 Å². The quantitative estimate of drug-likeness (QED) is 0.0418. The predicted octanol–water partition coefficient (Wildman–Crippen LogP) is 17.5. The normalized spacial score (nSPS) is 13.0. The Balaban J connectivity index is 4.45. The van der Waals surface area contributed by atoms with Crippen LogP contribution in [0.5, 0.6) is 0 Å². The van der Waals surface area contributed by atoms with E-state index in [-0.39, 0.29) is 24.9 Å². The van der Waals surface area contributed by atoms with E-state index in [0.717, 1.165) is 38.5 Å². The summed E-state index contributed by atoms with van der Waals surface area (Å²) in [5.41, 5.74) is 0. The van der Waals surface area contributed by atoms with Crippen molar-refractivity contribution in [3.63, 3.8) is 0 Å². The van der Waals surface area contributed by atoms with E-state index in [0.29, 0.717) is 19.3 Å². The van der Waals surface area contributed by atoms with E-state index in [9.17, 15) is 19.8 Å². The molecule has 3 N–H and O–H groups in total. The standard InChI is InChI=1S/C57H113NO5/c1-4-7-10-13-16-19-22-25-27-28-29-32-34-37-40-43-46-49-55(60)54(52-59)58-56(61)51-53(48-45-42-39-36-33-31-26-23-20-17-14-11-8-5-2)63-57(62)50-47-44-41-38-35-30-24-21-18-15-12-9-6-3/h53-55,59-60H,4-52H2,1-3H3,(H,58,61). The highest BCUT2D eigenvalue weighted by atomic mass is 16.5. The van der Waals surface area contributed by atoms with Crippen LogP contribution in [-0.2, 0) is 14.3 Å². The molecule has 6 heteroatoms. The number of amides is 1. The number of hydrogen-bond donors (Lipinski definition) is 3. The maximum absolute atomic E-state index is 13.3. The Kier molecular flexibility index (Phi) is 50.9. The molecule has 0 heterocycles. The van der Waals surface area contributed by atoms with E-state index in [1.54, 1.807) is 0 Å². The zero-order valence-electron chi connectivity index (χ0n) is 43.0. The molecule has 376 valence electrons. The highest BCUT2D eigenvalue weighted by Gasteiger charge is 2.24. The highest BCUT2D eigenvalue weighted by molar-refractivity contribution is 5.77. The molecule has 0 aliphatic heterocycles. The molecule has 3 unspecified atom stereocenters. The summed E-state index contributed by atoms with van der Waals surface area (Å²) in [5.74, 6) is -0.446. The molecule has 0 saturated carbocycles. The van der Waals surface area contributed by atoms with Gasteiger partial charge in [0.25, 0.3) is 0 Å². The summed E-state index contributed by atoms with van der Waals surface area (Å²) in [6.07, 6.45) is 57.4. The van der Waals surface area contributed by atoms with Gasteiger partial charge in [-0.15, -0.1) is 0 Å². The molecule has 0 aliphatic carbocycles. The van der Waals surface area contributed by atoms with E-state index >= 15 is 0 Å². The van der Waals surface area contributed by atoms with Crippen LogP contribution in [0.25, 0.3) is 0 Å². The van der Waals surface area contributed by atoms with Crippen molar-refractivity contribution >= 4 is 11.9 Å². The number of hydrogen-bond acceptors (Lipinski definition) is 5. The summed E-state index contributed by atoms with van der Waals surface area (Å²) >= 11 is 0. The first-order valence-electron chi connectivity index (χ1n) is 28.8. The molecule has 0 aromatic carbocycles. The number of aliphatic hydroxyl groups is 2. The molecule has 0 spiro atoms. The number of rotatable bonds is 53. The van der Waals surface area contributed by atoms with E-state index in [4.69, 9.17) is 4.74 Å². The molecule has 0 aromatic heterocycles. The molecule has 0 aliphatic rings. The Bertz CT molecular complexity index is 913. The van der Waals surface area contributed by atoms with Gasteiger partial charge in [-0.3, -0.25) is 9.59 Å². The third-order valence-corrected chi connectivity index (χ3v) is 13.7. The molecular formula is C57H113NO5. The van der Waals surface area contributed by atoms with Crippen molar-refractivity contribution in [2.45, 2.75) is 347 Å². The van der Waals surface area contributed by atoms with Gasteiger partial charge in [0.15, 0.2) is 0 Å². The van der Waals surface area contributed by atoms with E-state index in [1.165, 1.54) is 244 Å². The molecule has 3 atom stereocenters. The number of aliphatic hydroxyl groups excluding tert-OH is 2. The number of nitrogens with one attached hydrogen (secondary N) is 1. The zero-order valence-corrected chi connectivity index (χ0v) is 43.0. The summed E-state index contributed by atoms with van der Waals surface area (Å²) in [7, 11) is 0. The summed E-state index contributed by atoms with van der Waals surface area (Å²) in [5, 5.41) is 23.9. The zero-order chi connectivity index (χ0) is 45.9. The fourth-order valence-electron chi connectivity index (χ4n) is 9.32. The maximum Gasteiger partial charge on any atom is 0.306 e. The average Bonchev–Trinajstić information content (AvgIpc) is 3.28. The lowest BCUT2D eigenvalue weighted by Crippen LogP contribution is -2.46. The van der Waals surface area contributed by atoms with Gasteiger partial charge in [-0.05, 0) is 25.7 Å². The van der Waals surface area contributed by atoms with Gasteiger partial charge < -0.3 is 20.3 Å². The largest absolute Gasteiger partial charge is 0.462 e. The monoisotopic (exact) mass is 892 g/mol. The molecular weight excluding hydrogens is 779 g/mol. The Hall–Kier alpha value is -1.14. The fourth-order valence-corrected chi connectivity index (χ4v) is 9.32. The van der Waals surface area contributed by atoms with E-state index in [2.05, 4.69) is 26.1 Å². The van der Waals surface area contributed by atoms with Gasteiger partial charge in [0.2, 0.25) is 5.91 Å². The van der Waals surface area contributed by atoms with Crippen LogP contribution in [0.15, 0.2) is 0 Å². The number of esters is 1. The first kappa shape index (κ1) is 61.9. The van der Waals surface area contributed by atoms with Crippen molar-refractivity contribution in [2.75, 3.05) is 6.61 Å². The molecule has 0 rings (SSSR count). The first-order chi connectivity index (χ1) is 31.0. The summed E-state index contributed by atoms with van der Waals surface area (Å²) in [4.78, 5) is 26.2. The van der Waals surface area contributed by atoms with Crippen molar-refractivity contribution in [3.05, 3.63) is 0 Å². The van der Waals surface area contributed by atoms with Crippen molar-refractivity contribution in [2.24, 2.45) is 0 Å². The van der Waals surface area contributed by atoms with E-state index < -0.39 is 18.2 Å². The molecule has 0 radical (unpaired) electrons. The third-order valence-electron chi connectivity index (χ3n) is 13.7. The smallest absolute Gasteiger partial charge is 0.306 e. The number of carbonyl (C=O) groups is 2. The van der Waals surface area contributed by atoms with Gasteiger partial charge in [-0.1, -0.05) is 290 Å². The average molecular weight is 893 g/mol. The molecule has 0 fully saturated rings. The van der Waals surface area contributed by atoms with Crippen LogP contribution in [0.3, 0.4) is 0 Å². The number of carbonyl (C=O) groups excluding carboxylic acids is 2. The Morgan fingerprint density at radius 3 is 0.968 bits per heavy atom. The van der Waals surface area contributed by atoms with Crippen LogP contribution in [0.4, 0.5) is 0 Å². The second-order valence-electron chi connectivity index (χ2n) is 20.1.